The number of phenolic OH excluding ortho intramolecular Hbond substituents is 1. The average Bonchev–Trinajstić information content (AvgIpc) is 2.57. The molecule has 0 aromatic heterocycles. The third-order valence-corrected chi connectivity index (χ3v) is 3.82. The fourth-order valence-corrected chi connectivity index (χ4v) is 2.76. The predicted octanol–water partition coefficient (Wildman–Crippen LogP) is 2.62. The van der Waals surface area contributed by atoms with Crippen LogP contribution in [0.5, 0.6) is 5.75 Å². The Hall–Kier alpha value is -2.66. The van der Waals surface area contributed by atoms with E-state index in [1.54, 1.807) is 30.3 Å². The van der Waals surface area contributed by atoms with E-state index >= 15 is 0 Å². The van der Waals surface area contributed by atoms with E-state index in [1.807, 2.05) is 6.92 Å². The number of ether oxygens (including phenoxy) is 1. The van der Waals surface area contributed by atoms with Gasteiger partial charge in [0.05, 0.1) is 17.7 Å². The molecule has 23 heavy (non-hydrogen) atoms. The lowest BCUT2D eigenvalue weighted by molar-refractivity contribution is 0.0977. The molecule has 0 bridgehead atoms. The van der Waals surface area contributed by atoms with Gasteiger partial charge in [0, 0.05) is 30.0 Å². The van der Waals surface area contributed by atoms with E-state index in [1.165, 1.54) is 6.07 Å². The van der Waals surface area contributed by atoms with Gasteiger partial charge in [-0.15, -0.1) is 0 Å². The van der Waals surface area contributed by atoms with E-state index in [0.29, 0.717) is 36.6 Å². The second kappa shape index (κ2) is 6.22. The maximum Gasteiger partial charge on any atom is 0.198 e. The Morgan fingerprint density at radius 3 is 2.30 bits per heavy atom. The number of ketones is 2. The first kappa shape index (κ1) is 15.2. The number of hydrogen-bond acceptors (Lipinski definition) is 5. The van der Waals surface area contributed by atoms with Gasteiger partial charge in [-0.3, -0.25) is 9.59 Å². The molecular formula is C18H17NO4. The third kappa shape index (κ3) is 2.59. The number of nitrogens with one attached hydrogen (secondary N) is 1. The van der Waals surface area contributed by atoms with Crippen LogP contribution < -0.4 is 5.32 Å². The number of anilines is 1. The second-order valence-corrected chi connectivity index (χ2v) is 5.21. The summed E-state index contributed by atoms with van der Waals surface area (Å²) in [4.78, 5) is 25.4. The summed E-state index contributed by atoms with van der Waals surface area (Å²) in [6.07, 6.45) is 0. The topological polar surface area (TPSA) is 75.6 Å². The maximum atomic E-state index is 12.8. The molecule has 0 unspecified atom stereocenters. The first-order valence-corrected chi connectivity index (χ1v) is 7.51. The summed E-state index contributed by atoms with van der Waals surface area (Å²) in [7, 11) is 0. The minimum absolute atomic E-state index is 0.0649. The standard InChI is InChI=1S/C18H17NO4/c1-2-23-10-9-19-13-7-8-14(20)16-15(13)17(21)11-5-3-4-6-12(11)18(16)22/h3-8,19-20H,2,9-10H2,1H3. The Kier molecular flexibility index (Phi) is 4.12. The van der Waals surface area contributed by atoms with Crippen molar-refractivity contribution in [1.29, 1.82) is 0 Å². The minimum Gasteiger partial charge on any atom is -0.507 e. The molecule has 5 nitrogen and oxygen atoms in total. The van der Waals surface area contributed by atoms with E-state index in [-0.39, 0.29) is 28.4 Å². The van der Waals surface area contributed by atoms with Crippen molar-refractivity contribution in [2.24, 2.45) is 0 Å². The Balaban J connectivity index is 2.04. The van der Waals surface area contributed by atoms with Crippen molar-refractivity contribution in [1.82, 2.24) is 0 Å². The van der Waals surface area contributed by atoms with E-state index in [4.69, 9.17) is 4.74 Å². The molecule has 0 radical (unpaired) electrons. The summed E-state index contributed by atoms with van der Waals surface area (Å²) >= 11 is 0. The van der Waals surface area contributed by atoms with Crippen LogP contribution in [0, 0.1) is 0 Å². The van der Waals surface area contributed by atoms with Crippen LogP contribution in [0.4, 0.5) is 5.69 Å². The molecule has 0 fully saturated rings. The summed E-state index contributed by atoms with van der Waals surface area (Å²) in [6, 6.07) is 9.70. The fourth-order valence-electron chi connectivity index (χ4n) is 2.76. The van der Waals surface area contributed by atoms with Gasteiger partial charge >= 0.3 is 0 Å². The first-order valence-electron chi connectivity index (χ1n) is 7.51. The molecule has 0 aliphatic heterocycles. The Labute approximate surface area is 133 Å². The van der Waals surface area contributed by atoms with Gasteiger partial charge < -0.3 is 15.2 Å². The third-order valence-electron chi connectivity index (χ3n) is 3.82. The number of carbonyl (C=O) groups excluding carboxylic acids is 2. The molecule has 1 aliphatic rings. The minimum atomic E-state index is -0.332. The van der Waals surface area contributed by atoms with E-state index in [0.717, 1.165) is 0 Å². The highest BCUT2D eigenvalue weighted by Gasteiger charge is 2.33. The number of carbonyl (C=O) groups is 2. The molecular weight excluding hydrogens is 294 g/mol. The normalized spacial score (nSPS) is 12.7. The van der Waals surface area contributed by atoms with Crippen molar-refractivity contribution in [2.45, 2.75) is 6.92 Å². The molecule has 2 aromatic rings. The molecule has 0 amide bonds. The number of hydrogen-bond donors (Lipinski definition) is 2. The van der Waals surface area contributed by atoms with Gasteiger partial charge in [-0.05, 0) is 19.1 Å². The monoisotopic (exact) mass is 311 g/mol. The van der Waals surface area contributed by atoms with Gasteiger partial charge in [0.1, 0.15) is 5.75 Å². The first-order chi connectivity index (χ1) is 11.1. The van der Waals surface area contributed by atoms with Crippen LogP contribution in [0.1, 0.15) is 38.8 Å². The Morgan fingerprint density at radius 1 is 1.00 bits per heavy atom. The lowest BCUT2D eigenvalue weighted by Gasteiger charge is -2.21. The Bertz CT molecular complexity index is 783. The second-order valence-electron chi connectivity index (χ2n) is 5.21. The molecule has 0 spiro atoms. The molecule has 1 aliphatic carbocycles. The molecule has 0 heterocycles. The lowest BCUT2D eigenvalue weighted by atomic mass is 9.82. The van der Waals surface area contributed by atoms with Crippen LogP contribution >= 0.6 is 0 Å². The lowest BCUT2D eigenvalue weighted by Crippen LogP contribution is -2.23. The smallest absolute Gasteiger partial charge is 0.198 e. The molecule has 5 heteroatoms. The number of benzene rings is 2. The van der Waals surface area contributed by atoms with Crippen LogP contribution in [0.2, 0.25) is 0 Å². The van der Waals surface area contributed by atoms with Gasteiger partial charge in [0.15, 0.2) is 11.6 Å². The molecule has 3 rings (SSSR count). The van der Waals surface area contributed by atoms with E-state index < -0.39 is 0 Å². The molecule has 2 aromatic carbocycles. The van der Waals surface area contributed by atoms with Crippen molar-refractivity contribution in [2.75, 3.05) is 25.1 Å². The van der Waals surface area contributed by atoms with Gasteiger partial charge in [-0.25, -0.2) is 0 Å². The van der Waals surface area contributed by atoms with Crippen LogP contribution in [0.15, 0.2) is 36.4 Å². The largest absolute Gasteiger partial charge is 0.507 e. The van der Waals surface area contributed by atoms with Gasteiger partial charge in [-0.2, -0.15) is 0 Å². The van der Waals surface area contributed by atoms with Gasteiger partial charge in [0.2, 0.25) is 0 Å². The highest BCUT2D eigenvalue weighted by molar-refractivity contribution is 6.31. The number of aromatic hydroxyl groups is 1. The SMILES string of the molecule is CCOCCNc1ccc(O)c2c1C(=O)c1ccccc1C2=O. The maximum absolute atomic E-state index is 12.8. The van der Waals surface area contributed by atoms with Crippen LogP contribution in [-0.2, 0) is 4.74 Å². The summed E-state index contributed by atoms with van der Waals surface area (Å²) in [6.45, 7) is 3.51. The zero-order valence-electron chi connectivity index (χ0n) is 12.8. The van der Waals surface area contributed by atoms with E-state index in [2.05, 4.69) is 5.32 Å². The highest BCUT2D eigenvalue weighted by Crippen LogP contribution is 2.36. The summed E-state index contributed by atoms with van der Waals surface area (Å²) in [5.74, 6) is -0.769. The summed E-state index contributed by atoms with van der Waals surface area (Å²) < 4.78 is 5.26. The molecule has 0 saturated carbocycles. The highest BCUT2D eigenvalue weighted by atomic mass is 16.5. The van der Waals surface area contributed by atoms with Crippen molar-refractivity contribution < 1.29 is 19.4 Å². The fraction of sp³-hybridized carbons (Fsp3) is 0.222. The predicted molar refractivity (Wildman–Crippen MR) is 86.4 cm³/mol. The van der Waals surface area contributed by atoms with Gasteiger partial charge in [-0.1, -0.05) is 24.3 Å². The molecule has 0 atom stereocenters. The number of fused-ring (bicyclic) bond motifs is 2. The molecule has 118 valence electrons. The van der Waals surface area contributed by atoms with Crippen molar-refractivity contribution in [3.05, 3.63) is 58.7 Å². The van der Waals surface area contributed by atoms with Crippen LogP contribution in [0.3, 0.4) is 0 Å². The van der Waals surface area contributed by atoms with Gasteiger partial charge in [0.25, 0.3) is 0 Å². The zero-order valence-corrected chi connectivity index (χ0v) is 12.8. The Morgan fingerprint density at radius 2 is 1.65 bits per heavy atom. The summed E-state index contributed by atoms with van der Waals surface area (Å²) in [5.41, 5.74) is 1.51. The molecule has 2 N–H and O–H groups in total. The molecule has 0 saturated heterocycles. The van der Waals surface area contributed by atoms with E-state index in [9.17, 15) is 14.7 Å². The van der Waals surface area contributed by atoms with Crippen LogP contribution in [-0.4, -0.2) is 36.4 Å². The number of rotatable bonds is 5. The zero-order chi connectivity index (χ0) is 16.4. The van der Waals surface area contributed by atoms with Crippen molar-refractivity contribution in [3.8, 4) is 5.75 Å². The van der Waals surface area contributed by atoms with Crippen LogP contribution in [0.25, 0.3) is 0 Å². The quantitative estimate of drug-likeness (QED) is 0.559. The number of phenols is 1. The van der Waals surface area contributed by atoms with Crippen molar-refractivity contribution >= 4 is 17.3 Å². The average molecular weight is 311 g/mol. The summed E-state index contributed by atoms with van der Waals surface area (Å²) in [5, 5.41) is 13.2. The van der Waals surface area contributed by atoms with Crippen molar-refractivity contribution in [3.63, 3.8) is 0 Å².